The molecule has 0 unspecified atom stereocenters. The van der Waals surface area contributed by atoms with E-state index in [-0.39, 0.29) is 11.6 Å². The number of esters is 1. The van der Waals surface area contributed by atoms with Gasteiger partial charge >= 0.3 is 12.1 Å². The molecule has 1 aliphatic carbocycles. The van der Waals surface area contributed by atoms with E-state index in [1.807, 2.05) is 24.3 Å². The molecule has 0 saturated carbocycles. The summed E-state index contributed by atoms with van der Waals surface area (Å²) in [4.78, 5) is 24.6. The van der Waals surface area contributed by atoms with Crippen molar-refractivity contribution in [3.8, 4) is 0 Å². The molecule has 1 aliphatic rings. The molecule has 2 atom stereocenters. The van der Waals surface area contributed by atoms with Crippen molar-refractivity contribution in [1.82, 2.24) is 5.32 Å². The van der Waals surface area contributed by atoms with Crippen LogP contribution in [0.2, 0.25) is 0 Å². The summed E-state index contributed by atoms with van der Waals surface area (Å²) < 4.78 is 42.9. The fourth-order valence-electron chi connectivity index (χ4n) is 3.27. The van der Waals surface area contributed by atoms with Gasteiger partial charge in [-0.1, -0.05) is 24.3 Å². The Morgan fingerprint density at radius 1 is 1.11 bits per heavy atom. The number of carbonyl (C=O) groups excluding carboxylic acids is 2. The molecular weight excluding hydrogens is 371 g/mol. The van der Waals surface area contributed by atoms with E-state index in [0.717, 1.165) is 49.1 Å². The summed E-state index contributed by atoms with van der Waals surface area (Å²) in [6, 6.07) is 11.4. The third kappa shape index (κ3) is 4.52. The van der Waals surface area contributed by atoms with E-state index < -0.39 is 29.7 Å². The lowest BCUT2D eigenvalue weighted by Gasteiger charge is -2.27. The molecule has 0 heterocycles. The minimum Gasteiger partial charge on any atom is -0.449 e. The SMILES string of the molecule is C[C@H](OC(=O)c1ccc(C(F)(F)F)cc1)C(=O)N[C@H]1CCCc2ccccc21. The fourth-order valence-corrected chi connectivity index (χ4v) is 3.27. The summed E-state index contributed by atoms with van der Waals surface area (Å²) in [5, 5.41) is 2.90. The molecule has 7 heteroatoms. The van der Waals surface area contributed by atoms with E-state index in [1.54, 1.807) is 0 Å². The summed E-state index contributed by atoms with van der Waals surface area (Å²) in [6.07, 6.45) is -2.85. The Morgan fingerprint density at radius 2 is 1.79 bits per heavy atom. The monoisotopic (exact) mass is 391 g/mol. The van der Waals surface area contributed by atoms with E-state index in [4.69, 9.17) is 4.74 Å². The first-order valence-electron chi connectivity index (χ1n) is 9.02. The van der Waals surface area contributed by atoms with Crippen molar-refractivity contribution < 1.29 is 27.5 Å². The zero-order chi connectivity index (χ0) is 20.3. The van der Waals surface area contributed by atoms with Crippen LogP contribution in [0.4, 0.5) is 13.2 Å². The lowest BCUT2D eigenvalue weighted by atomic mass is 9.87. The van der Waals surface area contributed by atoms with E-state index >= 15 is 0 Å². The van der Waals surface area contributed by atoms with Gasteiger partial charge in [0.15, 0.2) is 6.10 Å². The number of carbonyl (C=O) groups is 2. The Balaban J connectivity index is 1.61. The molecule has 0 saturated heterocycles. The van der Waals surface area contributed by atoms with Crippen molar-refractivity contribution in [2.75, 3.05) is 0 Å². The van der Waals surface area contributed by atoms with Crippen molar-refractivity contribution in [3.05, 3.63) is 70.8 Å². The number of aryl methyl sites for hydroxylation is 1. The normalized spacial score (nSPS) is 17.4. The van der Waals surface area contributed by atoms with Crippen LogP contribution in [-0.2, 0) is 22.1 Å². The van der Waals surface area contributed by atoms with Gasteiger partial charge in [0, 0.05) is 0 Å². The van der Waals surface area contributed by atoms with Crippen LogP contribution in [0, 0.1) is 0 Å². The highest BCUT2D eigenvalue weighted by Crippen LogP contribution is 2.30. The average Bonchev–Trinajstić information content (AvgIpc) is 2.67. The molecule has 0 aliphatic heterocycles. The van der Waals surface area contributed by atoms with Crippen LogP contribution in [-0.4, -0.2) is 18.0 Å². The summed E-state index contributed by atoms with van der Waals surface area (Å²) in [6.45, 7) is 1.44. The van der Waals surface area contributed by atoms with Crippen LogP contribution in [0.3, 0.4) is 0 Å². The molecular formula is C21H20F3NO3. The Labute approximate surface area is 160 Å². The quantitative estimate of drug-likeness (QED) is 0.784. The predicted molar refractivity (Wildman–Crippen MR) is 96.6 cm³/mol. The topological polar surface area (TPSA) is 55.4 Å². The van der Waals surface area contributed by atoms with Crippen LogP contribution in [0.1, 0.15) is 52.9 Å². The molecule has 0 bridgehead atoms. The molecule has 1 N–H and O–H groups in total. The standard InChI is InChI=1S/C21H20F3NO3/c1-13(28-20(27)15-9-11-16(12-10-15)21(22,23)24)19(26)25-18-8-4-6-14-5-2-3-7-17(14)18/h2-3,5,7,9-13,18H,4,6,8H2,1H3,(H,25,26)/t13-,18-/m0/s1. The molecule has 4 nitrogen and oxygen atoms in total. The van der Waals surface area contributed by atoms with E-state index in [0.29, 0.717) is 0 Å². The molecule has 0 radical (unpaired) electrons. The number of ether oxygens (including phenoxy) is 1. The molecule has 0 fully saturated rings. The summed E-state index contributed by atoms with van der Waals surface area (Å²) in [7, 11) is 0. The third-order valence-electron chi connectivity index (χ3n) is 4.79. The molecule has 1 amide bonds. The molecule has 2 aromatic carbocycles. The summed E-state index contributed by atoms with van der Waals surface area (Å²) in [5.74, 6) is -1.29. The maximum absolute atomic E-state index is 12.6. The third-order valence-corrected chi connectivity index (χ3v) is 4.79. The highest BCUT2D eigenvalue weighted by molar-refractivity contribution is 5.92. The molecule has 3 rings (SSSR count). The van der Waals surface area contributed by atoms with Crippen molar-refractivity contribution in [2.24, 2.45) is 0 Å². The summed E-state index contributed by atoms with van der Waals surface area (Å²) >= 11 is 0. The number of alkyl halides is 3. The Bertz CT molecular complexity index is 862. The lowest BCUT2D eigenvalue weighted by Crippen LogP contribution is -2.39. The predicted octanol–water partition coefficient (Wildman–Crippen LogP) is 4.44. The van der Waals surface area contributed by atoms with Crippen molar-refractivity contribution >= 4 is 11.9 Å². The van der Waals surface area contributed by atoms with Crippen LogP contribution < -0.4 is 5.32 Å². The molecule has 148 valence electrons. The van der Waals surface area contributed by atoms with Gasteiger partial charge in [0.05, 0.1) is 17.2 Å². The Morgan fingerprint density at radius 3 is 2.46 bits per heavy atom. The van der Waals surface area contributed by atoms with Gasteiger partial charge in [0.2, 0.25) is 0 Å². The number of hydrogen-bond donors (Lipinski definition) is 1. The molecule has 2 aromatic rings. The van der Waals surface area contributed by atoms with E-state index in [9.17, 15) is 22.8 Å². The second-order valence-electron chi connectivity index (χ2n) is 6.77. The van der Waals surface area contributed by atoms with Crippen LogP contribution in [0.15, 0.2) is 48.5 Å². The molecule has 0 aromatic heterocycles. The number of rotatable bonds is 4. The number of amides is 1. The molecule has 28 heavy (non-hydrogen) atoms. The highest BCUT2D eigenvalue weighted by atomic mass is 19.4. The first-order chi connectivity index (χ1) is 13.3. The molecule has 0 spiro atoms. The first-order valence-corrected chi connectivity index (χ1v) is 9.02. The van der Waals surface area contributed by atoms with Gasteiger partial charge in [0.25, 0.3) is 5.91 Å². The van der Waals surface area contributed by atoms with E-state index in [1.165, 1.54) is 12.5 Å². The largest absolute Gasteiger partial charge is 0.449 e. The fraction of sp³-hybridized carbons (Fsp3) is 0.333. The van der Waals surface area contributed by atoms with Gasteiger partial charge in [-0.05, 0) is 61.6 Å². The zero-order valence-corrected chi connectivity index (χ0v) is 15.3. The average molecular weight is 391 g/mol. The Hall–Kier alpha value is -2.83. The minimum atomic E-state index is -4.48. The maximum Gasteiger partial charge on any atom is 0.416 e. The van der Waals surface area contributed by atoms with Gasteiger partial charge < -0.3 is 10.1 Å². The number of hydrogen-bond acceptors (Lipinski definition) is 3. The van der Waals surface area contributed by atoms with Gasteiger partial charge in [-0.15, -0.1) is 0 Å². The number of fused-ring (bicyclic) bond motifs is 1. The van der Waals surface area contributed by atoms with Crippen molar-refractivity contribution in [3.63, 3.8) is 0 Å². The lowest BCUT2D eigenvalue weighted by molar-refractivity contribution is -0.137. The summed E-state index contributed by atoms with van der Waals surface area (Å²) in [5.41, 5.74) is 1.35. The number of nitrogens with one attached hydrogen (secondary N) is 1. The van der Waals surface area contributed by atoms with Crippen molar-refractivity contribution in [1.29, 1.82) is 0 Å². The van der Waals surface area contributed by atoms with Crippen LogP contribution in [0.25, 0.3) is 0 Å². The second kappa shape index (κ2) is 8.04. The first kappa shape index (κ1) is 19.9. The smallest absolute Gasteiger partial charge is 0.416 e. The van der Waals surface area contributed by atoms with Crippen LogP contribution in [0.5, 0.6) is 0 Å². The highest BCUT2D eigenvalue weighted by Gasteiger charge is 2.30. The van der Waals surface area contributed by atoms with Gasteiger partial charge in [-0.2, -0.15) is 13.2 Å². The second-order valence-corrected chi connectivity index (χ2v) is 6.77. The van der Waals surface area contributed by atoms with Crippen molar-refractivity contribution in [2.45, 2.75) is 44.5 Å². The van der Waals surface area contributed by atoms with Gasteiger partial charge in [-0.3, -0.25) is 4.79 Å². The maximum atomic E-state index is 12.6. The van der Waals surface area contributed by atoms with Crippen LogP contribution >= 0.6 is 0 Å². The van der Waals surface area contributed by atoms with Gasteiger partial charge in [0.1, 0.15) is 0 Å². The van der Waals surface area contributed by atoms with E-state index in [2.05, 4.69) is 5.32 Å². The number of halogens is 3. The Kier molecular flexibility index (Phi) is 5.72. The minimum absolute atomic E-state index is 0.0457. The van der Waals surface area contributed by atoms with Gasteiger partial charge in [-0.25, -0.2) is 4.79 Å². The zero-order valence-electron chi connectivity index (χ0n) is 15.3. The number of benzene rings is 2.